The Balaban J connectivity index is 2.69. The number of guanidine groups is 1. The monoisotopic (exact) mass is 443 g/mol. The van der Waals surface area contributed by atoms with E-state index in [4.69, 9.17) is 21.7 Å². The number of carboxylic acids is 2. The molecule has 0 bridgehead atoms. The second kappa shape index (κ2) is 13.0. The van der Waals surface area contributed by atoms with Crippen LogP contribution in [0.25, 0.3) is 0 Å². The van der Waals surface area contributed by atoms with Crippen molar-refractivity contribution in [2.24, 2.45) is 16.5 Å². The average molecular weight is 443 g/mol. The first-order chi connectivity index (χ1) is 14.6. The van der Waals surface area contributed by atoms with E-state index >= 15 is 0 Å². The third kappa shape index (κ3) is 10.3. The van der Waals surface area contributed by atoms with E-state index in [9.17, 15) is 24.0 Å². The second-order valence-electron chi connectivity index (χ2n) is 6.93. The number of aliphatic carboxylic acids is 2. The summed E-state index contributed by atoms with van der Waals surface area (Å²) in [4.78, 5) is 62.4. The minimum absolute atomic E-state index is 0.0475. The number of hydrogen-bond donors (Lipinski definition) is 8. The predicted octanol–water partition coefficient (Wildman–Crippen LogP) is -3.56. The van der Waals surface area contributed by atoms with Crippen LogP contribution in [-0.2, 0) is 24.0 Å². The second-order valence-corrected chi connectivity index (χ2v) is 6.93. The van der Waals surface area contributed by atoms with E-state index in [1.807, 2.05) is 0 Å². The molecule has 1 rings (SSSR count). The van der Waals surface area contributed by atoms with Crippen molar-refractivity contribution in [3.63, 3.8) is 0 Å². The highest BCUT2D eigenvalue weighted by molar-refractivity contribution is 5.93. The van der Waals surface area contributed by atoms with Gasteiger partial charge in [-0.2, -0.15) is 0 Å². The molecule has 0 aliphatic carbocycles. The highest BCUT2D eigenvalue weighted by atomic mass is 16.4. The summed E-state index contributed by atoms with van der Waals surface area (Å²) in [6, 6.07) is -3.23. The Labute approximate surface area is 178 Å². The summed E-state index contributed by atoms with van der Waals surface area (Å²) in [5.74, 6) is -4.98. The van der Waals surface area contributed by atoms with Crippen LogP contribution < -0.4 is 32.7 Å². The molecule has 3 amide bonds. The Morgan fingerprint density at radius 3 is 2.35 bits per heavy atom. The molecule has 0 radical (unpaired) electrons. The van der Waals surface area contributed by atoms with Crippen LogP contribution in [-0.4, -0.2) is 83.6 Å². The zero-order chi connectivity index (χ0) is 23.4. The summed E-state index contributed by atoms with van der Waals surface area (Å²) in [5.41, 5.74) is 10.5. The van der Waals surface area contributed by atoms with Crippen LogP contribution in [0.5, 0.6) is 0 Å². The normalized spacial score (nSPS) is 17.1. The Kier molecular flexibility index (Phi) is 10.7. The molecule has 14 nitrogen and oxygen atoms in total. The van der Waals surface area contributed by atoms with Crippen molar-refractivity contribution in [1.82, 2.24) is 21.3 Å². The van der Waals surface area contributed by atoms with E-state index in [-0.39, 0.29) is 43.8 Å². The highest BCUT2D eigenvalue weighted by Gasteiger charge is 2.28. The summed E-state index contributed by atoms with van der Waals surface area (Å²) >= 11 is 0. The van der Waals surface area contributed by atoms with Crippen LogP contribution in [0.2, 0.25) is 0 Å². The van der Waals surface area contributed by atoms with E-state index in [2.05, 4.69) is 26.3 Å². The Morgan fingerprint density at radius 1 is 1.10 bits per heavy atom. The number of nitrogens with one attached hydrogen (secondary N) is 4. The molecule has 14 heteroatoms. The molecule has 0 saturated carbocycles. The molecule has 0 aromatic carbocycles. The van der Waals surface area contributed by atoms with Crippen molar-refractivity contribution in [3.05, 3.63) is 0 Å². The predicted molar refractivity (Wildman–Crippen MR) is 108 cm³/mol. The smallest absolute Gasteiger partial charge is 0.326 e. The topological polar surface area (TPSA) is 238 Å². The molecule has 0 aromatic rings. The van der Waals surface area contributed by atoms with Gasteiger partial charge < -0.3 is 42.9 Å². The lowest BCUT2D eigenvalue weighted by atomic mass is 10.1. The zero-order valence-electron chi connectivity index (χ0n) is 16.9. The number of aliphatic imine (C=N–C) groups is 1. The van der Waals surface area contributed by atoms with Gasteiger partial charge in [0.15, 0.2) is 5.96 Å². The molecule has 1 fully saturated rings. The van der Waals surface area contributed by atoms with Crippen LogP contribution in [0.3, 0.4) is 0 Å². The van der Waals surface area contributed by atoms with Crippen molar-refractivity contribution < 1.29 is 34.2 Å². The molecule has 10 N–H and O–H groups in total. The van der Waals surface area contributed by atoms with Crippen LogP contribution >= 0.6 is 0 Å². The summed E-state index contributed by atoms with van der Waals surface area (Å²) in [6.45, 7) is 0.485. The van der Waals surface area contributed by atoms with Crippen LogP contribution in [0.1, 0.15) is 32.1 Å². The van der Waals surface area contributed by atoms with E-state index in [0.717, 1.165) is 6.42 Å². The molecule has 1 saturated heterocycles. The molecule has 0 spiro atoms. The van der Waals surface area contributed by atoms with E-state index in [0.29, 0.717) is 13.0 Å². The number of rotatable bonds is 13. The lowest BCUT2D eigenvalue weighted by Gasteiger charge is -2.21. The van der Waals surface area contributed by atoms with Crippen molar-refractivity contribution >= 4 is 35.6 Å². The van der Waals surface area contributed by atoms with Gasteiger partial charge >= 0.3 is 11.9 Å². The minimum Gasteiger partial charge on any atom is -0.481 e. The fourth-order valence-electron chi connectivity index (χ4n) is 2.86. The molecule has 1 aliphatic heterocycles. The molecule has 3 atom stereocenters. The standard InChI is InChI=1S/C17H29N7O7/c18-17(19)21-6-2-4-10(15(29)24-11(16(30)31)7-13(26)27)23-12(25)8-22-14(28)9-3-1-5-20-9/h9-11,20H,1-8H2,(H,22,28)(H,23,25)(H,24,29)(H,26,27)(H,30,31)(H4,18,19,21). The van der Waals surface area contributed by atoms with E-state index in [1.54, 1.807) is 0 Å². The SMILES string of the molecule is NC(N)=NCCCC(NC(=O)CNC(=O)C1CCCN1)C(=O)NC(CC(=O)O)C(=O)O. The van der Waals surface area contributed by atoms with Crippen LogP contribution in [0.4, 0.5) is 0 Å². The summed E-state index contributed by atoms with van der Waals surface area (Å²) < 4.78 is 0. The van der Waals surface area contributed by atoms with Gasteiger partial charge in [-0.15, -0.1) is 0 Å². The summed E-state index contributed by atoms with van der Waals surface area (Å²) in [5, 5.41) is 27.9. The molecule has 1 aliphatic rings. The maximum Gasteiger partial charge on any atom is 0.326 e. The molecular weight excluding hydrogens is 414 g/mol. The maximum atomic E-state index is 12.5. The van der Waals surface area contributed by atoms with Crippen molar-refractivity contribution in [3.8, 4) is 0 Å². The molecule has 1 heterocycles. The van der Waals surface area contributed by atoms with Gasteiger partial charge in [0, 0.05) is 6.54 Å². The fourth-order valence-corrected chi connectivity index (χ4v) is 2.86. The van der Waals surface area contributed by atoms with Crippen LogP contribution in [0.15, 0.2) is 4.99 Å². The number of nitrogens with two attached hydrogens (primary N) is 2. The van der Waals surface area contributed by atoms with Crippen LogP contribution in [0, 0.1) is 0 Å². The number of hydrogen-bond acceptors (Lipinski definition) is 7. The quantitative estimate of drug-likeness (QED) is 0.0791. The maximum absolute atomic E-state index is 12.5. The molecule has 31 heavy (non-hydrogen) atoms. The number of carboxylic acid groups (broad SMARTS) is 2. The van der Waals surface area contributed by atoms with Crippen molar-refractivity contribution in [2.75, 3.05) is 19.6 Å². The Hall–Kier alpha value is -3.42. The lowest BCUT2D eigenvalue weighted by Crippen LogP contribution is -2.54. The number of carbonyl (C=O) groups is 5. The van der Waals surface area contributed by atoms with Gasteiger partial charge in [0.1, 0.15) is 12.1 Å². The first kappa shape index (κ1) is 25.6. The fraction of sp³-hybridized carbons (Fsp3) is 0.647. The van der Waals surface area contributed by atoms with Gasteiger partial charge in [-0.1, -0.05) is 0 Å². The first-order valence-corrected chi connectivity index (χ1v) is 9.71. The molecule has 0 aromatic heterocycles. The number of nitrogens with zero attached hydrogens (tertiary/aromatic N) is 1. The van der Waals surface area contributed by atoms with E-state index < -0.39 is 42.3 Å². The van der Waals surface area contributed by atoms with Gasteiger partial charge in [0.25, 0.3) is 0 Å². The lowest BCUT2D eigenvalue weighted by molar-refractivity contribution is -0.147. The van der Waals surface area contributed by atoms with Gasteiger partial charge in [-0.05, 0) is 32.2 Å². The third-order valence-electron chi connectivity index (χ3n) is 4.39. The Morgan fingerprint density at radius 2 is 1.81 bits per heavy atom. The molecule has 174 valence electrons. The third-order valence-corrected chi connectivity index (χ3v) is 4.39. The average Bonchev–Trinajstić information content (AvgIpc) is 3.22. The van der Waals surface area contributed by atoms with E-state index in [1.165, 1.54) is 0 Å². The van der Waals surface area contributed by atoms with Gasteiger partial charge in [-0.3, -0.25) is 24.2 Å². The minimum atomic E-state index is -1.67. The first-order valence-electron chi connectivity index (χ1n) is 9.71. The largest absolute Gasteiger partial charge is 0.481 e. The van der Waals surface area contributed by atoms with Gasteiger partial charge in [0.2, 0.25) is 17.7 Å². The van der Waals surface area contributed by atoms with Crippen molar-refractivity contribution in [1.29, 1.82) is 0 Å². The Bertz CT molecular complexity index is 703. The number of amides is 3. The van der Waals surface area contributed by atoms with Gasteiger partial charge in [-0.25, -0.2) is 4.79 Å². The molecular formula is C17H29N7O7. The van der Waals surface area contributed by atoms with Crippen molar-refractivity contribution in [2.45, 2.75) is 50.2 Å². The van der Waals surface area contributed by atoms with Gasteiger partial charge in [0.05, 0.1) is 19.0 Å². The zero-order valence-corrected chi connectivity index (χ0v) is 16.9. The summed E-state index contributed by atoms with van der Waals surface area (Å²) in [6.07, 6.45) is 0.990. The highest BCUT2D eigenvalue weighted by Crippen LogP contribution is 2.04. The summed E-state index contributed by atoms with van der Waals surface area (Å²) in [7, 11) is 0. The number of carbonyl (C=O) groups excluding carboxylic acids is 3. The molecule has 3 unspecified atom stereocenters.